The van der Waals surface area contributed by atoms with Crippen molar-refractivity contribution in [1.82, 2.24) is 0 Å². The quantitative estimate of drug-likeness (QED) is 0.227. The van der Waals surface area contributed by atoms with Gasteiger partial charge in [0.1, 0.15) is 0 Å². The molecule has 0 aliphatic carbocycles. The minimum absolute atomic E-state index is 0.0185. The third-order valence-corrected chi connectivity index (χ3v) is 9.16. The Labute approximate surface area is 199 Å². The molecule has 0 bridgehead atoms. The third kappa shape index (κ3) is 7.71. The van der Waals surface area contributed by atoms with Gasteiger partial charge in [-0.3, -0.25) is 0 Å². The Hall–Kier alpha value is -2.12. The summed E-state index contributed by atoms with van der Waals surface area (Å²) < 4.78 is 52.0. The minimum atomic E-state index is -3.89. The molecule has 33 heavy (non-hydrogen) atoms. The zero-order valence-electron chi connectivity index (χ0n) is 19.6. The van der Waals surface area contributed by atoms with Crippen molar-refractivity contribution in [2.45, 2.75) is 92.2 Å². The first-order valence-electron chi connectivity index (χ1n) is 11.8. The monoisotopic (exact) mass is 491 g/mol. The van der Waals surface area contributed by atoms with E-state index in [1.54, 1.807) is 0 Å². The van der Waals surface area contributed by atoms with Crippen molar-refractivity contribution in [2.75, 3.05) is 5.73 Å². The van der Waals surface area contributed by atoms with Gasteiger partial charge in [0.25, 0.3) is 0 Å². The zero-order chi connectivity index (χ0) is 24.3. The molecule has 0 aromatic heterocycles. The van der Waals surface area contributed by atoms with Gasteiger partial charge in [-0.1, -0.05) is 77.4 Å². The molecule has 0 amide bonds. The van der Waals surface area contributed by atoms with E-state index >= 15 is 0 Å². The Morgan fingerprint density at radius 2 is 1.27 bits per heavy atom. The number of hydrogen-bond acceptors (Lipinski definition) is 5. The van der Waals surface area contributed by atoms with Crippen LogP contribution in [0.2, 0.25) is 0 Å². The first-order valence-corrected chi connectivity index (χ1v) is 14.9. The van der Waals surface area contributed by atoms with Gasteiger partial charge < -0.3 is 5.73 Å². The van der Waals surface area contributed by atoms with Crippen LogP contribution in [0, 0.1) is 0 Å². The normalized spacial score (nSPS) is 12.0. The predicted molar refractivity (Wildman–Crippen MR) is 136 cm³/mol. The van der Waals surface area contributed by atoms with Gasteiger partial charge in [0.15, 0.2) is 9.84 Å². The van der Waals surface area contributed by atoms with Crippen LogP contribution in [-0.4, -0.2) is 16.8 Å². The van der Waals surface area contributed by atoms with Crippen LogP contribution >= 0.6 is 0 Å². The molecule has 2 aromatic carbocycles. The zero-order valence-corrected chi connectivity index (χ0v) is 21.3. The summed E-state index contributed by atoms with van der Waals surface area (Å²) in [4.78, 5) is 0.144. The molecular formula is C26H37NO4S2. The molecule has 0 fully saturated rings. The molecule has 2 aromatic rings. The van der Waals surface area contributed by atoms with Crippen LogP contribution in [0.5, 0.6) is 0 Å². The summed E-state index contributed by atoms with van der Waals surface area (Å²) in [6.45, 7) is 5.63. The number of nitrogens with two attached hydrogens (primary N) is 1. The molecule has 0 unspecified atom stereocenters. The van der Waals surface area contributed by atoms with Crippen molar-refractivity contribution < 1.29 is 16.8 Å². The molecule has 0 atom stereocenters. The molecule has 0 saturated carbocycles. The number of rotatable bonds is 15. The maximum Gasteiger partial charge on any atom is 0.206 e. The van der Waals surface area contributed by atoms with Gasteiger partial charge in [0, 0.05) is 11.1 Å². The Bertz CT molecular complexity index is 1110. The van der Waals surface area contributed by atoms with E-state index in [4.69, 9.17) is 5.73 Å². The van der Waals surface area contributed by atoms with Gasteiger partial charge in [0.2, 0.25) is 9.84 Å². The van der Waals surface area contributed by atoms with Crippen LogP contribution in [0.3, 0.4) is 0 Å². The number of benzene rings is 2. The van der Waals surface area contributed by atoms with Gasteiger partial charge in [-0.2, -0.15) is 0 Å². The van der Waals surface area contributed by atoms with Gasteiger partial charge in [-0.15, -0.1) is 0 Å². The summed E-state index contributed by atoms with van der Waals surface area (Å²) in [6.07, 6.45) is 11.8. The first-order chi connectivity index (χ1) is 15.7. The number of unbranched alkanes of at least 4 members (excludes halogenated alkanes) is 9. The molecule has 0 saturated heterocycles. The van der Waals surface area contributed by atoms with Crippen LogP contribution in [0.4, 0.5) is 5.69 Å². The van der Waals surface area contributed by atoms with Crippen LogP contribution in [-0.2, 0) is 26.1 Å². The standard InChI is InChI=1S/C26H37NO4S2/c1-3-5-6-7-8-9-10-11-12-13-15-24-25(32(28,29)4-2)16-14-17-26(24)33(30,31)23-20-18-22(27)19-21-23/h4,14,16-21H,2-3,5-13,15,27H2,1H3. The number of sulfone groups is 2. The van der Waals surface area contributed by atoms with E-state index in [9.17, 15) is 16.8 Å². The molecule has 0 radical (unpaired) electrons. The molecular weight excluding hydrogens is 454 g/mol. The largest absolute Gasteiger partial charge is 0.399 e. The number of hydrogen-bond donors (Lipinski definition) is 1. The Balaban J connectivity index is 2.16. The topological polar surface area (TPSA) is 94.3 Å². The van der Waals surface area contributed by atoms with E-state index in [0.29, 0.717) is 17.7 Å². The van der Waals surface area contributed by atoms with Gasteiger partial charge in [-0.25, -0.2) is 16.8 Å². The molecule has 0 aliphatic rings. The molecule has 182 valence electrons. The lowest BCUT2D eigenvalue weighted by Crippen LogP contribution is -2.11. The summed E-state index contributed by atoms with van der Waals surface area (Å²) in [5, 5.41) is 0.879. The van der Waals surface area contributed by atoms with Crippen molar-refractivity contribution in [3.8, 4) is 0 Å². The van der Waals surface area contributed by atoms with Crippen LogP contribution in [0.25, 0.3) is 0 Å². The average Bonchev–Trinajstić information content (AvgIpc) is 2.80. The highest BCUT2D eigenvalue weighted by Gasteiger charge is 2.26. The molecule has 0 heterocycles. The summed E-state index contributed by atoms with van der Waals surface area (Å²) in [5.74, 6) is 0. The molecule has 7 heteroatoms. The maximum absolute atomic E-state index is 13.4. The second kappa shape index (κ2) is 12.9. The SMILES string of the molecule is C=CS(=O)(=O)c1cccc(S(=O)(=O)c2ccc(N)cc2)c1CCCCCCCCCCCC. The van der Waals surface area contributed by atoms with Crippen molar-refractivity contribution in [1.29, 1.82) is 0 Å². The second-order valence-electron chi connectivity index (χ2n) is 8.45. The lowest BCUT2D eigenvalue weighted by molar-refractivity contribution is 0.554. The highest BCUT2D eigenvalue weighted by Crippen LogP contribution is 2.31. The Kier molecular flexibility index (Phi) is 10.6. The fraction of sp³-hybridized carbons (Fsp3) is 0.462. The minimum Gasteiger partial charge on any atom is -0.399 e. The van der Waals surface area contributed by atoms with Crippen LogP contribution in [0.1, 0.15) is 76.7 Å². The Morgan fingerprint density at radius 3 is 1.82 bits per heavy atom. The highest BCUT2D eigenvalue weighted by atomic mass is 32.2. The lowest BCUT2D eigenvalue weighted by Gasteiger charge is -2.15. The third-order valence-electron chi connectivity index (χ3n) is 5.88. The molecule has 0 aliphatic heterocycles. The van der Waals surface area contributed by atoms with E-state index in [2.05, 4.69) is 13.5 Å². The second-order valence-corrected chi connectivity index (χ2v) is 12.2. The summed E-state index contributed by atoms with van der Waals surface area (Å²) in [5.41, 5.74) is 6.50. The van der Waals surface area contributed by atoms with E-state index in [0.717, 1.165) is 31.1 Å². The van der Waals surface area contributed by atoms with Gasteiger partial charge in [0.05, 0.1) is 14.7 Å². The fourth-order valence-electron chi connectivity index (χ4n) is 3.96. The van der Waals surface area contributed by atoms with Crippen LogP contribution < -0.4 is 5.73 Å². The summed E-state index contributed by atoms with van der Waals surface area (Å²) >= 11 is 0. The number of anilines is 1. The molecule has 2 rings (SSSR count). The maximum atomic E-state index is 13.4. The molecule has 2 N–H and O–H groups in total. The van der Waals surface area contributed by atoms with Crippen molar-refractivity contribution >= 4 is 25.4 Å². The van der Waals surface area contributed by atoms with Gasteiger partial charge >= 0.3 is 0 Å². The van der Waals surface area contributed by atoms with Crippen molar-refractivity contribution in [3.05, 3.63) is 60.0 Å². The first kappa shape index (κ1) is 27.1. The lowest BCUT2D eigenvalue weighted by atomic mass is 10.0. The van der Waals surface area contributed by atoms with Crippen molar-refractivity contribution in [3.63, 3.8) is 0 Å². The molecule has 0 spiro atoms. The highest BCUT2D eigenvalue weighted by molar-refractivity contribution is 7.94. The predicted octanol–water partition coefficient (Wildman–Crippen LogP) is 6.48. The summed E-state index contributed by atoms with van der Waals surface area (Å²) in [6, 6.07) is 10.4. The van der Waals surface area contributed by atoms with E-state index in [1.165, 1.54) is 81.0 Å². The fourth-order valence-corrected chi connectivity index (χ4v) is 6.57. The molecule has 5 nitrogen and oxygen atoms in total. The Morgan fingerprint density at radius 1 is 0.758 bits per heavy atom. The smallest absolute Gasteiger partial charge is 0.206 e. The average molecular weight is 492 g/mol. The van der Waals surface area contributed by atoms with Crippen molar-refractivity contribution in [2.24, 2.45) is 0 Å². The van der Waals surface area contributed by atoms with E-state index in [1.807, 2.05) is 0 Å². The number of nitrogen functional groups attached to an aromatic ring is 1. The van der Waals surface area contributed by atoms with Gasteiger partial charge in [-0.05, 0) is 54.8 Å². The van der Waals surface area contributed by atoms with E-state index < -0.39 is 19.7 Å². The van der Waals surface area contributed by atoms with E-state index in [-0.39, 0.29) is 14.7 Å². The summed E-state index contributed by atoms with van der Waals surface area (Å²) in [7, 11) is -7.68. The van der Waals surface area contributed by atoms with Crippen LogP contribution in [0.15, 0.2) is 69.1 Å².